The topological polar surface area (TPSA) is 692 Å². The highest BCUT2D eigenvalue weighted by Crippen LogP contribution is 2.21. The molecule has 44 heteroatoms. The van der Waals surface area contributed by atoms with Crippen LogP contribution in [-0.4, -0.2) is 273 Å². The molecule has 1 heterocycles. The largest absolute Gasteiger partial charge is 0.508 e. The number of carboxylic acid groups (broad SMARTS) is 2. The van der Waals surface area contributed by atoms with Gasteiger partial charge in [-0.15, -0.1) is 0 Å². The van der Waals surface area contributed by atoms with E-state index in [1.807, 2.05) is 0 Å². The molecular formula is C84H128N20O22S2. The summed E-state index contributed by atoms with van der Waals surface area (Å²) in [6, 6.07) is 1.31. The summed E-state index contributed by atoms with van der Waals surface area (Å²) in [5.74, 6) is -19.0. The predicted octanol–water partition coefficient (Wildman–Crippen LogP) is -4.56. The molecule has 0 radical (unpaired) electrons. The van der Waals surface area contributed by atoms with Crippen molar-refractivity contribution in [3.8, 4) is 5.75 Å². The van der Waals surface area contributed by atoms with Crippen LogP contribution in [0, 0.1) is 11.8 Å². The van der Waals surface area contributed by atoms with Crippen LogP contribution in [-0.2, 0) is 101 Å². The lowest BCUT2D eigenvalue weighted by atomic mass is 9.96. The molecule has 0 aliphatic heterocycles. The zero-order valence-corrected chi connectivity index (χ0v) is 74.5. The lowest BCUT2D eigenvalue weighted by molar-refractivity contribution is -0.142. The molecular weight excluding hydrogens is 1710 g/mol. The summed E-state index contributed by atoms with van der Waals surface area (Å²) in [5.41, 5.74) is 25.1. The summed E-state index contributed by atoms with van der Waals surface area (Å²) in [7, 11) is 0. The maximum Gasteiger partial charge on any atom is 0.326 e. The molecule has 0 bridgehead atoms. The number of phenols is 1. The number of aromatic amines is 1. The first-order valence-corrected chi connectivity index (χ1v) is 43.7. The number of rotatable bonds is 60. The summed E-state index contributed by atoms with van der Waals surface area (Å²) in [6.45, 7) is 7.30. The van der Waals surface area contributed by atoms with Gasteiger partial charge in [-0.1, -0.05) is 101 Å². The number of nitrogens with two attached hydrogens (primary N) is 4. The van der Waals surface area contributed by atoms with Gasteiger partial charge < -0.3 is 133 Å². The van der Waals surface area contributed by atoms with Crippen LogP contribution in [0.2, 0.25) is 0 Å². The number of carboxylic acids is 2. The molecule has 29 N–H and O–H groups in total. The third-order valence-electron chi connectivity index (χ3n) is 20.6. The van der Waals surface area contributed by atoms with Gasteiger partial charge >= 0.3 is 11.9 Å². The van der Waals surface area contributed by atoms with Gasteiger partial charge in [0.05, 0.1) is 37.9 Å². The summed E-state index contributed by atoms with van der Waals surface area (Å²) in [4.78, 5) is 237. The van der Waals surface area contributed by atoms with Gasteiger partial charge in [0.15, 0.2) is 0 Å². The van der Waals surface area contributed by atoms with Crippen LogP contribution in [0.5, 0.6) is 5.75 Å². The van der Waals surface area contributed by atoms with Crippen LogP contribution in [0.4, 0.5) is 0 Å². The molecule has 0 aliphatic rings. The number of aliphatic hydroxyl groups is 2. The van der Waals surface area contributed by atoms with Crippen LogP contribution >= 0.6 is 25.3 Å². The number of fused-ring (bicyclic) bond motifs is 1. The van der Waals surface area contributed by atoms with Crippen molar-refractivity contribution in [1.29, 1.82) is 0 Å². The summed E-state index contributed by atoms with van der Waals surface area (Å²) in [6.07, 6.45) is -0.729. The molecule has 16 atom stereocenters. The highest BCUT2D eigenvalue weighted by molar-refractivity contribution is 7.80. The molecule has 1 aromatic heterocycles. The van der Waals surface area contributed by atoms with Gasteiger partial charge in [-0.3, -0.25) is 76.7 Å². The van der Waals surface area contributed by atoms with Crippen molar-refractivity contribution in [2.45, 2.75) is 235 Å². The minimum absolute atomic E-state index is 0.0316. The van der Waals surface area contributed by atoms with Crippen LogP contribution in [0.3, 0.4) is 0 Å². The molecule has 0 unspecified atom stereocenters. The number of aliphatic hydroxyl groups excluding tert-OH is 2. The van der Waals surface area contributed by atoms with Gasteiger partial charge in [0.1, 0.15) is 78.3 Å². The van der Waals surface area contributed by atoms with Gasteiger partial charge in [0.25, 0.3) is 0 Å². The molecule has 128 heavy (non-hydrogen) atoms. The first-order chi connectivity index (χ1) is 60.8. The number of aliphatic carboxylic acids is 2. The van der Waals surface area contributed by atoms with Crippen LogP contribution in [0.15, 0.2) is 85.1 Å². The number of hydrogen-bond acceptors (Lipinski definition) is 26. The fourth-order valence-corrected chi connectivity index (χ4v) is 13.6. The van der Waals surface area contributed by atoms with E-state index in [2.05, 4.69) is 110 Å². The third kappa shape index (κ3) is 38.6. The lowest BCUT2D eigenvalue weighted by Gasteiger charge is -2.30. The molecule has 708 valence electrons. The fraction of sp³-hybridized carbons (Fsp3) is 0.560. The number of hydrogen-bond donors (Lipinski definition) is 27. The normalized spacial score (nSPS) is 15.0. The molecule has 0 spiro atoms. The zero-order chi connectivity index (χ0) is 95.3. The SMILES string of the molecule is CC[C@H](C)[C@H](NC(=O)[C@H](CCC(=O)O)NC(=O)[C@H](CC(C)C)NC(=O)[C@H](Cc1ccc(O)cc1)NC(=O)[C@@H](NC(=O)CNC(=O)CNC(=O)CNC(=O)[C@H](Cc1ccccc1)NC(=O)[C@@H](NC(=O)[C@H](Cc1c[nH]c2ccccc12)NC(=O)[C@H](CS)NC(=O)[C@@H](N)CCCCN)[C@@H](C)O)[C@@H](C)O)C(=O)N[C@@H](CCCCN)C(=O)N[C@@H](CS)C(=O)N[C@@H](CCCCN)C(=O)O. The van der Waals surface area contributed by atoms with Crippen molar-refractivity contribution in [2.24, 2.45) is 34.8 Å². The van der Waals surface area contributed by atoms with E-state index in [1.54, 1.807) is 88.5 Å². The van der Waals surface area contributed by atoms with E-state index in [0.717, 1.165) is 6.92 Å². The number of thiol groups is 2. The summed E-state index contributed by atoms with van der Waals surface area (Å²) < 4.78 is 0. The van der Waals surface area contributed by atoms with Gasteiger partial charge in [0, 0.05) is 54.3 Å². The summed E-state index contributed by atoms with van der Waals surface area (Å²) in [5, 5.41) is 89.5. The number of phenolic OH excluding ortho intramolecular Hbond substituents is 1. The Balaban J connectivity index is 1.47. The second-order valence-corrected chi connectivity index (χ2v) is 32.3. The van der Waals surface area contributed by atoms with E-state index < -0.39 is 236 Å². The Bertz CT molecular complexity index is 4340. The first kappa shape index (κ1) is 109. The number of carbonyl (C=O) groups excluding carboxylic acids is 15. The summed E-state index contributed by atoms with van der Waals surface area (Å²) >= 11 is 8.48. The Morgan fingerprint density at radius 3 is 1.34 bits per heavy atom. The highest BCUT2D eigenvalue weighted by Gasteiger charge is 2.40. The molecule has 0 saturated heterocycles. The minimum Gasteiger partial charge on any atom is -0.508 e. The number of benzene rings is 3. The second-order valence-electron chi connectivity index (χ2n) is 31.6. The van der Waals surface area contributed by atoms with Crippen LogP contribution < -0.4 is 103 Å². The Morgan fingerprint density at radius 2 is 0.797 bits per heavy atom. The van der Waals surface area contributed by atoms with E-state index in [-0.39, 0.29) is 88.1 Å². The van der Waals surface area contributed by atoms with E-state index in [9.17, 15) is 107 Å². The van der Waals surface area contributed by atoms with Crippen molar-refractivity contribution < 1.29 is 107 Å². The molecule has 0 aliphatic carbocycles. The Hall–Kier alpha value is -11.5. The van der Waals surface area contributed by atoms with Crippen LogP contribution in [0.1, 0.15) is 142 Å². The van der Waals surface area contributed by atoms with Crippen molar-refractivity contribution in [2.75, 3.05) is 50.8 Å². The molecule has 0 fully saturated rings. The monoisotopic (exact) mass is 1830 g/mol. The molecule has 15 amide bonds. The van der Waals surface area contributed by atoms with Gasteiger partial charge in [-0.05, 0) is 144 Å². The number of unbranched alkanes of at least 4 members (excludes halogenated alkanes) is 3. The molecule has 0 saturated carbocycles. The van der Waals surface area contributed by atoms with Gasteiger partial charge in [-0.25, -0.2) is 4.79 Å². The molecule has 4 rings (SSSR count). The average molecular weight is 1830 g/mol. The van der Waals surface area contributed by atoms with Gasteiger partial charge in [0.2, 0.25) is 88.6 Å². The van der Waals surface area contributed by atoms with E-state index >= 15 is 0 Å². The lowest BCUT2D eigenvalue weighted by Crippen LogP contribution is -2.62. The van der Waals surface area contributed by atoms with Crippen molar-refractivity contribution in [3.63, 3.8) is 0 Å². The number of H-pyrrole nitrogens is 1. The smallest absolute Gasteiger partial charge is 0.326 e. The Morgan fingerprint density at radius 1 is 0.398 bits per heavy atom. The van der Waals surface area contributed by atoms with Crippen molar-refractivity contribution in [1.82, 2.24) is 84.7 Å². The fourth-order valence-electron chi connectivity index (χ4n) is 13.1. The molecule has 42 nitrogen and oxygen atoms in total. The van der Waals surface area contributed by atoms with E-state index in [0.29, 0.717) is 66.2 Å². The predicted molar refractivity (Wildman–Crippen MR) is 477 cm³/mol. The maximum atomic E-state index is 14.7. The zero-order valence-electron chi connectivity index (χ0n) is 72.7. The second kappa shape index (κ2) is 57.3. The quantitative estimate of drug-likeness (QED) is 0.0146. The first-order valence-electron chi connectivity index (χ1n) is 42.5. The average Bonchev–Trinajstić information content (AvgIpc) is 1.66. The minimum atomic E-state index is -1.87. The van der Waals surface area contributed by atoms with E-state index in [4.69, 9.17) is 22.9 Å². The third-order valence-corrected chi connectivity index (χ3v) is 21.3. The number of para-hydroxylation sites is 1. The molecule has 3 aromatic carbocycles. The highest BCUT2D eigenvalue weighted by atomic mass is 32.1. The number of carbonyl (C=O) groups is 17. The van der Waals surface area contributed by atoms with Crippen molar-refractivity contribution in [3.05, 3.63) is 102 Å². The number of aromatic nitrogens is 1. The number of amides is 15. The van der Waals surface area contributed by atoms with E-state index in [1.165, 1.54) is 31.2 Å². The Labute approximate surface area is 752 Å². The molecule has 4 aromatic rings. The van der Waals surface area contributed by atoms with Gasteiger partial charge in [-0.2, -0.15) is 25.3 Å². The standard InChI is InChI=1S/C84H128N20O22S2/c1-7-46(4)69(81(122)94-56(24-14-17-33-86)74(115)101-64(44-128)79(120)95-58(84(125)126)25-15-18-34-87)103-75(116)57(30-31-68(111)112)93-76(117)59(35-45(2)3)96-77(118)61(37-50-26-28-52(107)29-27-50)99-82(123)70(47(5)105)102-67(110)42-91-65(108)40-90-66(109)41-92-73(114)60(36-49-19-9-8-10-20-49)98-83(124)71(48(6)106)104-78(119)62(38-51-39-89-55-23-12-11-21-53(51)55)97-80(121)63(43-127)100-72(113)54(88)22-13-16-32-85/h8-12,19-21,23,26-29,39,45-48,54,56-64,69-71,89,105-107,127-128H,7,13-18,22,24-25,30-38,40-44,85-88H2,1-6H3,(H,90,109)(H,91,108)(H,92,114)(H,93,117)(H,94,122)(H,95,120)(H,96,118)(H,97,121)(H,98,124)(H,99,123)(H,100,113)(H,101,115)(H,102,110)(H,103,116)(H,104,119)(H,111,112)(H,125,126)/t46-,47+,48+,54-,56-,57-,58-,59-,60-,61-,62-,63-,64-,69-,70-,71-/m0/s1. The maximum absolute atomic E-state index is 14.7. The number of nitrogens with one attached hydrogen (secondary N) is 16. The van der Waals surface area contributed by atoms with Crippen molar-refractivity contribution >= 4 is 137 Å². The number of aromatic hydroxyl groups is 1. The Kier molecular flexibility index (Phi) is 48.7. The van der Waals surface area contributed by atoms with Crippen LogP contribution in [0.25, 0.3) is 10.9 Å².